The Morgan fingerprint density at radius 2 is 1.58 bits per heavy atom. The summed E-state index contributed by atoms with van der Waals surface area (Å²) in [5.74, 6) is 0.658. The number of unbranched alkanes of at least 4 members (excludes halogenated alkanes) is 6. The molecule has 0 aliphatic carbocycles. The highest BCUT2D eigenvalue weighted by molar-refractivity contribution is 6.74. The highest BCUT2D eigenvalue weighted by Crippen LogP contribution is 2.40. The van der Waals surface area contributed by atoms with Gasteiger partial charge in [-0.05, 0) is 93.3 Å². The van der Waals surface area contributed by atoms with Gasteiger partial charge in [0.25, 0.3) is 0 Å². The van der Waals surface area contributed by atoms with E-state index in [9.17, 15) is 4.79 Å². The Kier molecular flexibility index (Phi) is 15.2. The number of anilines is 1. The number of hydrogen-bond acceptors (Lipinski definition) is 5. The maximum atomic E-state index is 11.5. The summed E-state index contributed by atoms with van der Waals surface area (Å²) < 4.78 is 13.0. The lowest BCUT2D eigenvalue weighted by Crippen LogP contribution is -2.43. The van der Waals surface area contributed by atoms with Gasteiger partial charge in [-0.3, -0.25) is 4.79 Å². The van der Waals surface area contributed by atoms with Crippen molar-refractivity contribution in [2.75, 3.05) is 38.0 Å². The van der Waals surface area contributed by atoms with E-state index >= 15 is 0 Å². The molecule has 2 N–H and O–H groups in total. The minimum absolute atomic E-state index is 0.0988. The van der Waals surface area contributed by atoms with Crippen molar-refractivity contribution in [3.05, 3.63) is 59.7 Å². The van der Waals surface area contributed by atoms with Crippen molar-refractivity contribution in [1.82, 2.24) is 10.2 Å². The molecule has 6 nitrogen and oxygen atoms in total. The Hall–Kier alpha value is -2.19. The fourth-order valence-corrected chi connectivity index (χ4v) is 6.72. The molecule has 1 unspecified atom stereocenters. The van der Waals surface area contributed by atoms with Gasteiger partial charge in [-0.25, -0.2) is 0 Å². The minimum atomic E-state index is -2.03. The lowest BCUT2D eigenvalue weighted by molar-refractivity contribution is -0.105. The Morgan fingerprint density at radius 1 is 0.907 bits per heavy atom. The van der Waals surface area contributed by atoms with Crippen LogP contribution in [0.2, 0.25) is 18.1 Å². The van der Waals surface area contributed by atoms with E-state index in [2.05, 4.69) is 55.5 Å². The van der Waals surface area contributed by atoms with E-state index in [0.29, 0.717) is 24.5 Å². The van der Waals surface area contributed by atoms with Gasteiger partial charge in [0.15, 0.2) is 8.32 Å². The molecule has 1 aliphatic rings. The number of nitrogens with one attached hydrogen (secondary N) is 2. The van der Waals surface area contributed by atoms with Crippen LogP contribution in [-0.2, 0) is 15.8 Å². The predicted octanol–water partition coefficient (Wildman–Crippen LogP) is 8.70. The zero-order chi connectivity index (χ0) is 31.0. The molecule has 3 rings (SSSR count). The number of hydrogen-bond donors (Lipinski definition) is 2. The van der Waals surface area contributed by atoms with Crippen LogP contribution in [0.25, 0.3) is 0 Å². The third-order valence-corrected chi connectivity index (χ3v) is 13.7. The predicted molar refractivity (Wildman–Crippen MR) is 183 cm³/mol. The van der Waals surface area contributed by atoms with Crippen LogP contribution in [0, 0.1) is 0 Å². The van der Waals surface area contributed by atoms with Crippen molar-refractivity contribution < 1.29 is 14.0 Å². The molecule has 0 spiro atoms. The van der Waals surface area contributed by atoms with Crippen LogP contribution in [-0.4, -0.2) is 52.4 Å². The molecule has 1 fully saturated rings. The Labute approximate surface area is 263 Å². The first kappa shape index (κ1) is 35.3. The third-order valence-electron chi connectivity index (χ3n) is 9.18. The second-order valence-corrected chi connectivity index (χ2v) is 18.5. The summed E-state index contributed by atoms with van der Waals surface area (Å²) in [5.41, 5.74) is 2.81. The zero-order valence-electron chi connectivity index (χ0n) is 27.8. The molecule has 1 heterocycles. The van der Waals surface area contributed by atoms with E-state index in [1.165, 1.54) is 83.8 Å². The van der Waals surface area contributed by atoms with Gasteiger partial charge < -0.3 is 24.7 Å². The van der Waals surface area contributed by atoms with Gasteiger partial charge >= 0.3 is 0 Å². The van der Waals surface area contributed by atoms with Crippen LogP contribution in [0.3, 0.4) is 0 Å². The normalized spacial score (nSPS) is 15.3. The maximum absolute atomic E-state index is 11.5. The highest BCUT2D eigenvalue weighted by Gasteiger charge is 2.39. The van der Waals surface area contributed by atoms with Crippen molar-refractivity contribution in [3.8, 4) is 5.75 Å². The van der Waals surface area contributed by atoms with E-state index in [1.54, 1.807) is 0 Å². The second kappa shape index (κ2) is 18.6. The van der Waals surface area contributed by atoms with E-state index in [4.69, 9.17) is 9.16 Å². The van der Waals surface area contributed by atoms with Crippen molar-refractivity contribution >= 4 is 20.4 Å². The van der Waals surface area contributed by atoms with Crippen molar-refractivity contribution in [1.29, 1.82) is 0 Å². The van der Waals surface area contributed by atoms with Gasteiger partial charge in [0.2, 0.25) is 6.41 Å². The van der Waals surface area contributed by atoms with Gasteiger partial charge in [0.1, 0.15) is 12.4 Å². The van der Waals surface area contributed by atoms with Gasteiger partial charge in [0.05, 0.1) is 11.8 Å². The lowest BCUT2D eigenvalue weighted by Gasteiger charge is -2.39. The molecular formula is C36H59N3O3Si. The molecule has 1 saturated heterocycles. The number of ether oxygens (including phenoxy) is 1. The summed E-state index contributed by atoms with van der Waals surface area (Å²) in [5, 5.41) is 6.64. The van der Waals surface area contributed by atoms with Crippen molar-refractivity contribution in [2.45, 2.75) is 116 Å². The zero-order valence-corrected chi connectivity index (χ0v) is 28.8. The number of likely N-dealkylation sites (tertiary alicyclic amines) is 1. The van der Waals surface area contributed by atoms with Crippen LogP contribution < -0.4 is 15.4 Å². The van der Waals surface area contributed by atoms with Crippen molar-refractivity contribution in [3.63, 3.8) is 0 Å². The fourth-order valence-electron chi connectivity index (χ4n) is 5.43. The van der Waals surface area contributed by atoms with E-state index in [1.807, 2.05) is 42.5 Å². The number of piperidine rings is 1. The van der Waals surface area contributed by atoms with Crippen LogP contribution in [0.15, 0.2) is 48.5 Å². The van der Waals surface area contributed by atoms with Gasteiger partial charge in [0, 0.05) is 6.54 Å². The average molecular weight is 610 g/mol. The molecule has 1 amide bonds. The molecule has 0 bridgehead atoms. The summed E-state index contributed by atoms with van der Waals surface area (Å²) in [6.45, 7) is 17.5. The summed E-state index contributed by atoms with van der Waals surface area (Å²) in [6, 6.07) is 16.1. The number of carbonyl (C=O) groups is 1. The summed E-state index contributed by atoms with van der Waals surface area (Å²) >= 11 is 0. The first-order chi connectivity index (χ1) is 20.7. The molecule has 0 saturated carbocycles. The smallest absolute Gasteiger partial charge is 0.211 e. The Bertz CT molecular complexity index is 1050. The highest BCUT2D eigenvalue weighted by atomic mass is 28.4. The average Bonchev–Trinajstić information content (AvgIpc) is 2.99. The SMILES string of the molecule is CC(C)(C)[Si](C)(C)OC(CNCCCCCCCCCN1CCCCC1)c1ccc(OCc2ccccc2)c(NC=O)c1. The first-order valence-electron chi connectivity index (χ1n) is 16.8. The molecule has 1 aliphatic heterocycles. The van der Waals surface area contributed by atoms with E-state index in [-0.39, 0.29) is 11.1 Å². The quantitative estimate of drug-likeness (QED) is 0.0893. The summed E-state index contributed by atoms with van der Waals surface area (Å²) in [4.78, 5) is 14.1. The number of rotatable bonds is 20. The number of amides is 1. The van der Waals surface area contributed by atoms with Crippen LogP contribution in [0.4, 0.5) is 5.69 Å². The minimum Gasteiger partial charge on any atom is -0.487 e. The van der Waals surface area contributed by atoms with E-state index in [0.717, 1.165) is 24.2 Å². The molecular weight excluding hydrogens is 551 g/mol. The molecule has 2 aromatic carbocycles. The Balaban J connectivity index is 1.48. The van der Waals surface area contributed by atoms with Crippen LogP contribution in [0.5, 0.6) is 5.75 Å². The molecule has 43 heavy (non-hydrogen) atoms. The topological polar surface area (TPSA) is 62.8 Å². The second-order valence-electron chi connectivity index (χ2n) is 13.7. The summed E-state index contributed by atoms with van der Waals surface area (Å²) in [7, 11) is -2.03. The molecule has 7 heteroatoms. The largest absolute Gasteiger partial charge is 0.487 e. The van der Waals surface area contributed by atoms with E-state index < -0.39 is 8.32 Å². The van der Waals surface area contributed by atoms with Gasteiger partial charge in [-0.2, -0.15) is 0 Å². The lowest BCUT2D eigenvalue weighted by atomic mass is 10.1. The van der Waals surface area contributed by atoms with Crippen LogP contribution >= 0.6 is 0 Å². The van der Waals surface area contributed by atoms with Gasteiger partial charge in [-0.1, -0.05) is 95.7 Å². The monoisotopic (exact) mass is 609 g/mol. The van der Waals surface area contributed by atoms with Crippen molar-refractivity contribution in [2.24, 2.45) is 0 Å². The third kappa shape index (κ3) is 12.7. The fraction of sp³-hybridized carbons (Fsp3) is 0.639. The number of nitrogens with zero attached hydrogens (tertiary/aromatic N) is 1. The Morgan fingerprint density at radius 3 is 2.26 bits per heavy atom. The molecule has 2 aromatic rings. The molecule has 0 radical (unpaired) electrons. The van der Waals surface area contributed by atoms with Crippen LogP contribution in [0.1, 0.15) is 102 Å². The first-order valence-corrected chi connectivity index (χ1v) is 19.7. The maximum Gasteiger partial charge on any atom is 0.211 e. The molecule has 1 atom stereocenters. The molecule has 0 aromatic heterocycles. The summed E-state index contributed by atoms with van der Waals surface area (Å²) in [6.07, 6.45) is 14.1. The van der Waals surface area contributed by atoms with Gasteiger partial charge in [-0.15, -0.1) is 0 Å². The standard InChI is InChI=1S/C36H59N3O3Si/c1-36(2,3)43(4,5)42-35(28-37-23-15-9-7-6-8-10-16-24-39-25-17-12-18-26-39)32-21-22-34(33(27-32)38-30-40)41-29-31-19-13-11-14-20-31/h11,13-14,19-22,27,30,35,37H,6-10,12,15-18,23-26,28-29H2,1-5H3,(H,38,40). The molecule has 240 valence electrons. The number of benzene rings is 2. The number of carbonyl (C=O) groups excluding carboxylic acids is 1.